The fourth-order valence-corrected chi connectivity index (χ4v) is 6.56. The molecule has 1 N–H and O–H groups in total. The van der Waals surface area contributed by atoms with E-state index in [1.165, 1.54) is 154 Å². The van der Waals surface area contributed by atoms with Gasteiger partial charge in [0.25, 0.3) is 0 Å². The van der Waals surface area contributed by atoms with Gasteiger partial charge in [-0.05, 0) is 96.3 Å². The first-order chi connectivity index (χ1) is 24.6. The molecule has 0 saturated carbocycles. The van der Waals surface area contributed by atoms with Gasteiger partial charge in [0.05, 0.1) is 0 Å². The van der Waals surface area contributed by atoms with E-state index in [1.807, 2.05) is 0 Å². The van der Waals surface area contributed by atoms with E-state index in [0.29, 0.717) is 12.8 Å². The minimum atomic E-state index is -0.724. The van der Waals surface area contributed by atoms with Crippen molar-refractivity contribution in [3.63, 3.8) is 0 Å². The van der Waals surface area contributed by atoms with E-state index in [-0.39, 0.29) is 18.5 Å². The monoisotopic (exact) mass is 701 g/mol. The van der Waals surface area contributed by atoms with Crippen molar-refractivity contribution >= 4 is 11.9 Å². The Bertz CT molecular complexity index is 798. The third kappa shape index (κ3) is 40.6. The van der Waals surface area contributed by atoms with Crippen molar-refractivity contribution in [1.82, 2.24) is 0 Å². The van der Waals surface area contributed by atoms with Crippen LogP contribution in [0.25, 0.3) is 0 Å². The Balaban J connectivity index is 3.90. The predicted molar refractivity (Wildman–Crippen MR) is 218 cm³/mol. The molecule has 0 amide bonds. The van der Waals surface area contributed by atoms with Crippen molar-refractivity contribution in [2.24, 2.45) is 0 Å². The van der Waals surface area contributed by atoms with Crippen LogP contribution in [0.1, 0.15) is 239 Å². The maximum absolute atomic E-state index is 12.7. The summed E-state index contributed by atoms with van der Waals surface area (Å²) in [4.78, 5) is 23.5. The van der Waals surface area contributed by atoms with E-state index >= 15 is 0 Å². The van der Waals surface area contributed by atoms with Gasteiger partial charge in [-0.15, -0.1) is 0 Å². The number of aliphatic carboxylic acids is 1. The highest BCUT2D eigenvalue weighted by atomic mass is 16.5. The second-order valence-corrected chi connectivity index (χ2v) is 14.9. The van der Waals surface area contributed by atoms with Gasteiger partial charge in [-0.3, -0.25) is 9.59 Å². The number of unbranched alkanes of at least 4 members (excludes halogenated alkanes) is 25. The summed E-state index contributed by atoms with van der Waals surface area (Å²) < 4.78 is 5.96. The molecule has 4 nitrogen and oxygen atoms in total. The number of hydrogen-bond donors (Lipinski definition) is 1. The Morgan fingerprint density at radius 2 is 0.780 bits per heavy atom. The summed E-state index contributed by atoms with van der Waals surface area (Å²) in [5, 5.41) is 8.91. The van der Waals surface area contributed by atoms with Gasteiger partial charge in [-0.25, -0.2) is 0 Å². The van der Waals surface area contributed by atoms with E-state index in [2.05, 4.69) is 50.3 Å². The summed E-state index contributed by atoms with van der Waals surface area (Å²) in [7, 11) is 0. The normalized spacial score (nSPS) is 12.5. The standard InChI is InChI=1S/C46H84O4/c1-3-5-7-9-11-13-15-17-18-19-20-21-22-23-24-26-28-30-32-34-39-43-46(49)50-44(41-37-35-38-42-45(47)48)40-36-33-31-29-27-25-16-14-12-10-8-6-4-2/h11,13,17-18,23-24,44H,3-10,12,14-16,19-22,25-43H2,1-2H3,(H,47,48)/b13-11-,18-17-,24-23-. The van der Waals surface area contributed by atoms with Crippen LogP contribution in [0.5, 0.6) is 0 Å². The highest BCUT2D eigenvalue weighted by Gasteiger charge is 2.14. The van der Waals surface area contributed by atoms with Crippen molar-refractivity contribution in [2.75, 3.05) is 0 Å². The van der Waals surface area contributed by atoms with Gasteiger partial charge >= 0.3 is 11.9 Å². The van der Waals surface area contributed by atoms with Crippen LogP contribution in [0.3, 0.4) is 0 Å². The minimum Gasteiger partial charge on any atom is -0.481 e. The number of carbonyl (C=O) groups is 2. The third-order valence-corrected chi connectivity index (χ3v) is 9.83. The zero-order valence-electron chi connectivity index (χ0n) is 33.5. The number of rotatable bonds is 40. The molecule has 0 bridgehead atoms. The third-order valence-electron chi connectivity index (χ3n) is 9.83. The first kappa shape index (κ1) is 48.2. The largest absolute Gasteiger partial charge is 0.481 e. The number of allylic oxidation sites excluding steroid dienone is 6. The van der Waals surface area contributed by atoms with Crippen molar-refractivity contribution in [3.8, 4) is 0 Å². The smallest absolute Gasteiger partial charge is 0.306 e. The van der Waals surface area contributed by atoms with Crippen molar-refractivity contribution in [3.05, 3.63) is 36.5 Å². The number of carboxylic acid groups (broad SMARTS) is 1. The van der Waals surface area contributed by atoms with Crippen molar-refractivity contribution in [2.45, 2.75) is 245 Å². The quantitative estimate of drug-likeness (QED) is 0.0393. The van der Waals surface area contributed by atoms with Crippen LogP contribution in [0.2, 0.25) is 0 Å². The molecule has 0 rings (SSSR count). The molecular weight excluding hydrogens is 617 g/mol. The van der Waals surface area contributed by atoms with Gasteiger partial charge in [0.15, 0.2) is 0 Å². The van der Waals surface area contributed by atoms with Crippen molar-refractivity contribution < 1.29 is 19.4 Å². The Labute approximate surface area is 311 Å². The van der Waals surface area contributed by atoms with Gasteiger partial charge < -0.3 is 9.84 Å². The number of carbonyl (C=O) groups excluding carboxylic acids is 1. The SMILES string of the molecule is CCCCC/C=C\C/C=C\CCCC/C=C\CCCCCCCC(=O)OC(CCCCCCCCCCCCCCC)CCCCCC(=O)O. The summed E-state index contributed by atoms with van der Waals surface area (Å²) in [5.41, 5.74) is 0. The highest BCUT2D eigenvalue weighted by molar-refractivity contribution is 5.69. The van der Waals surface area contributed by atoms with Gasteiger partial charge in [0, 0.05) is 12.8 Å². The number of ether oxygens (including phenoxy) is 1. The highest BCUT2D eigenvalue weighted by Crippen LogP contribution is 2.19. The molecule has 0 aromatic heterocycles. The summed E-state index contributed by atoms with van der Waals surface area (Å²) in [5.74, 6) is -0.763. The Morgan fingerprint density at radius 3 is 1.28 bits per heavy atom. The van der Waals surface area contributed by atoms with Crippen LogP contribution >= 0.6 is 0 Å². The van der Waals surface area contributed by atoms with Crippen LogP contribution in [0.15, 0.2) is 36.5 Å². The lowest BCUT2D eigenvalue weighted by Gasteiger charge is -2.18. The topological polar surface area (TPSA) is 63.6 Å². The lowest BCUT2D eigenvalue weighted by Crippen LogP contribution is -2.18. The average Bonchev–Trinajstić information content (AvgIpc) is 3.10. The predicted octanol–water partition coefficient (Wildman–Crippen LogP) is 15.3. The van der Waals surface area contributed by atoms with Crippen LogP contribution in [0.4, 0.5) is 0 Å². The summed E-state index contributed by atoms with van der Waals surface area (Å²) >= 11 is 0. The average molecular weight is 701 g/mol. The van der Waals surface area contributed by atoms with E-state index in [1.54, 1.807) is 0 Å². The first-order valence-corrected chi connectivity index (χ1v) is 22.0. The zero-order valence-corrected chi connectivity index (χ0v) is 33.5. The van der Waals surface area contributed by atoms with Gasteiger partial charge in [0.1, 0.15) is 6.10 Å². The van der Waals surface area contributed by atoms with Crippen LogP contribution in [-0.4, -0.2) is 23.1 Å². The Kier molecular flexibility index (Phi) is 40.0. The minimum absolute atomic E-state index is 0.00406. The maximum atomic E-state index is 12.7. The summed E-state index contributed by atoms with van der Waals surface area (Å²) in [6.07, 6.45) is 54.5. The van der Waals surface area contributed by atoms with E-state index in [9.17, 15) is 9.59 Å². The van der Waals surface area contributed by atoms with Crippen molar-refractivity contribution in [1.29, 1.82) is 0 Å². The molecule has 0 aromatic carbocycles. The van der Waals surface area contributed by atoms with E-state index < -0.39 is 5.97 Å². The molecule has 0 spiro atoms. The molecule has 50 heavy (non-hydrogen) atoms. The molecule has 0 saturated heterocycles. The zero-order chi connectivity index (χ0) is 36.4. The molecule has 0 fully saturated rings. The molecule has 1 unspecified atom stereocenters. The van der Waals surface area contributed by atoms with E-state index in [4.69, 9.17) is 9.84 Å². The lowest BCUT2D eigenvalue weighted by molar-refractivity contribution is -0.150. The van der Waals surface area contributed by atoms with Crippen LogP contribution in [0, 0.1) is 0 Å². The molecule has 0 heterocycles. The lowest BCUT2D eigenvalue weighted by atomic mass is 10.0. The van der Waals surface area contributed by atoms with Crippen LogP contribution < -0.4 is 0 Å². The fraction of sp³-hybridized carbons (Fsp3) is 0.826. The molecule has 0 aliphatic heterocycles. The number of hydrogen-bond acceptors (Lipinski definition) is 3. The second kappa shape index (κ2) is 41.6. The molecule has 4 heteroatoms. The van der Waals surface area contributed by atoms with Gasteiger partial charge in [-0.1, -0.05) is 166 Å². The van der Waals surface area contributed by atoms with Gasteiger partial charge in [0.2, 0.25) is 0 Å². The van der Waals surface area contributed by atoms with Crippen LogP contribution in [-0.2, 0) is 14.3 Å². The molecule has 292 valence electrons. The molecular formula is C46H84O4. The maximum Gasteiger partial charge on any atom is 0.306 e. The molecule has 0 aliphatic rings. The fourth-order valence-electron chi connectivity index (χ4n) is 6.56. The second-order valence-electron chi connectivity index (χ2n) is 14.9. The first-order valence-electron chi connectivity index (χ1n) is 22.0. The molecule has 0 radical (unpaired) electrons. The summed E-state index contributed by atoms with van der Waals surface area (Å²) in [6, 6.07) is 0. The van der Waals surface area contributed by atoms with Gasteiger partial charge in [-0.2, -0.15) is 0 Å². The molecule has 0 aliphatic carbocycles. The molecule has 1 atom stereocenters. The number of carboxylic acids is 1. The Morgan fingerprint density at radius 1 is 0.440 bits per heavy atom. The van der Waals surface area contributed by atoms with E-state index in [0.717, 1.165) is 51.4 Å². The Hall–Kier alpha value is -1.84. The number of esters is 1. The molecule has 0 aromatic rings. The summed E-state index contributed by atoms with van der Waals surface area (Å²) in [6.45, 7) is 4.53.